The van der Waals surface area contributed by atoms with Crippen molar-refractivity contribution in [3.05, 3.63) is 78.9 Å². The molecule has 0 saturated carbocycles. The standard InChI is InChI=1S/C20H19NO4/c1-3-18(23)21(17-12-8-5-9-13-17)20(16-10-6-4-7-11-16)25-19(24)14-15(2)22/h3-13,20H,1,14H2,2H3. The number of para-hydroxylation sites is 1. The highest BCUT2D eigenvalue weighted by molar-refractivity contribution is 6.02. The average molecular weight is 337 g/mol. The lowest BCUT2D eigenvalue weighted by Gasteiger charge is -2.30. The van der Waals surface area contributed by atoms with E-state index in [0.29, 0.717) is 11.3 Å². The predicted octanol–water partition coefficient (Wildman–Crippen LogP) is 3.43. The summed E-state index contributed by atoms with van der Waals surface area (Å²) < 4.78 is 5.48. The fourth-order valence-corrected chi connectivity index (χ4v) is 2.32. The van der Waals surface area contributed by atoms with Crippen LogP contribution in [0, 0.1) is 0 Å². The lowest BCUT2D eigenvalue weighted by atomic mass is 10.1. The number of carbonyl (C=O) groups excluding carboxylic acids is 3. The minimum Gasteiger partial charge on any atom is -0.436 e. The summed E-state index contributed by atoms with van der Waals surface area (Å²) in [4.78, 5) is 37.1. The van der Waals surface area contributed by atoms with Crippen molar-refractivity contribution in [2.45, 2.75) is 19.6 Å². The fourth-order valence-electron chi connectivity index (χ4n) is 2.32. The number of anilines is 1. The van der Waals surface area contributed by atoms with E-state index in [4.69, 9.17) is 4.74 Å². The van der Waals surface area contributed by atoms with E-state index in [9.17, 15) is 14.4 Å². The Bertz CT molecular complexity index is 756. The van der Waals surface area contributed by atoms with Crippen LogP contribution in [0.15, 0.2) is 73.3 Å². The molecule has 0 aliphatic heterocycles. The maximum atomic E-state index is 12.5. The van der Waals surface area contributed by atoms with E-state index in [1.807, 2.05) is 12.1 Å². The highest BCUT2D eigenvalue weighted by atomic mass is 16.6. The maximum absolute atomic E-state index is 12.5. The average Bonchev–Trinajstić information content (AvgIpc) is 2.62. The quantitative estimate of drug-likeness (QED) is 0.336. The summed E-state index contributed by atoms with van der Waals surface area (Å²) in [6, 6.07) is 17.7. The van der Waals surface area contributed by atoms with E-state index in [1.54, 1.807) is 48.5 Å². The number of hydrogen-bond donors (Lipinski definition) is 0. The topological polar surface area (TPSA) is 63.7 Å². The van der Waals surface area contributed by atoms with Gasteiger partial charge in [0, 0.05) is 11.3 Å². The summed E-state index contributed by atoms with van der Waals surface area (Å²) in [7, 11) is 0. The van der Waals surface area contributed by atoms with E-state index >= 15 is 0 Å². The van der Waals surface area contributed by atoms with Crippen molar-refractivity contribution in [1.82, 2.24) is 0 Å². The monoisotopic (exact) mass is 337 g/mol. The molecule has 0 heterocycles. The molecular formula is C20H19NO4. The number of hydrogen-bond acceptors (Lipinski definition) is 4. The van der Waals surface area contributed by atoms with Crippen molar-refractivity contribution in [1.29, 1.82) is 0 Å². The van der Waals surface area contributed by atoms with E-state index in [2.05, 4.69) is 6.58 Å². The molecule has 5 heteroatoms. The van der Waals surface area contributed by atoms with Crippen LogP contribution in [0.3, 0.4) is 0 Å². The lowest BCUT2D eigenvalue weighted by Crippen LogP contribution is -2.36. The summed E-state index contributed by atoms with van der Waals surface area (Å²) >= 11 is 0. The van der Waals surface area contributed by atoms with Gasteiger partial charge in [0.05, 0.1) is 0 Å². The SMILES string of the molecule is C=CC(=O)N(c1ccccc1)C(OC(=O)CC(C)=O)c1ccccc1. The Morgan fingerprint density at radius 2 is 1.60 bits per heavy atom. The van der Waals surface area contributed by atoms with Crippen molar-refractivity contribution in [2.24, 2.45) is 0 Å². The van der Waals surface area contributed by atoms with Gasteiger partial charge in [0.1, 0.15) is 12.2 Å². The molecule has 1 amide bonds. The van der Waals surface area contributed by atoms with Crippen molar-refractivity contribution in [3.63, 3.8) is 0 Å². The van der Waals surface area contributed by atoms with E-state index in [-0.39, 0.29) is 12.2 Å². The Labute approximate surface area is 146 Å². The first kappa shape index (κ1) is 18.1. The summed E-state index contributed by atoms with van der Waals surface area (Å²) in [5.41, 5.74) is 1.16. The molecule has 0 aromatic heterocycles. The number of amides is 1. The molecule has 0 fully saturated rings. The van der Waals surface area contributed by atoms with Crippen LogP contribution >= 0.6 is 0 Å². The zero-order valence-corrected chi connectivity index (χ0v) is 13.9. The van der Waals surface area contributed by atoms with Crippen molar-refractivity contribution < 1.29 is 19.1 Å². The molecule has 2 aromatic rings. The zero-order valence-electron chi connectivity index (χ0n) is 13.9. The highest BCUT2D eigenvalue weighted by Gasteiger charge is 2.29. The van der Waals surface area contributed by atoms with Crippen LogP contribution in [0.4, 0.5) is 5.69 Å². The number of rotatable bonds is 7. The first-order valence-electron chi connectivity index (χ1n) is 7.77. The largest absolute Gasteiger partial charge is 0.436 e. The molecule has 128 valence electrons. The zero-order chi connectivity index (χ0) is 18.2. The Morgan fingerprint density at radius 3 is 2.12 bits per heavy atom. The van der Waals surface area contributed by atoms with Gasteiger partial charge in [-0.05, 0) is 25.1 Å². The van der Waals surface area contributed by atoms with E-state index < -0.39 is 18.1 Å². The van der Waals surface area contributed by atoms with Gasteiger partial charge >= 0.3 is 5.97 Å². The molecule has 5 nitrogen and oxygen atoms in total. The summed E-state index contributed by atoms with van der Waals surface area (Å²) in [6.45, 7) is 4.83. The van der Waals surface area contributed by atoms with Gasteiger partial charge in [-0.3, -0.25) is 19.3 Å². The van der Waals surface area contributed by atoms with Crippen LogP contribution in [0.25, 0.3) is 0 Å². The molecule has 0 spiro atoms. The van der Waals surface area contributed by atoms with Crippen molar-refractivity contribution >= 4 is 23.3 Å². The minimum absolute atomic E-state index is 0.307. The smallest absolute Gasteiger partial charge is 0.315 e. The number of carbonyl (C=O) groups is 3. The van der Waals surface area contributed by atoms with Crippen LogP contribution in [0.5, 0.6) is 0 Å². The molecule has 0 bridgehead atoms. The molecule has 25 heavy (non-hydrogen) atoms. The number of ether oxygens (including phenoxy) is 1. The predicted molar refractivity (Wildman–Crippen MR) is 94.7 cm³/mol. The van der Waals surface area contributed by atoms with E-state index in [1.165, 1.54) is 11.8 Å². The summed E-state index contributed by atoms with van der Waals surface area (Å²) in [5.74, 6) is -1.42. The lowest BCUT2D eigenvalue weighted by molar-refractivity contribution is -0.151. The number of ketones is 1. The molecule has 2 aromatic carbocycles. The van der Waals surface area contributed by atoms with Gasteiger partial charge in [-0.15, -0.1) is 0 Å². The van der Waals surface area contributed by atoms with Gasteiger partial charge in [-0.1, -0.05) is 55.1 Å². The van der Waals surface area contributed by atoms with Gasteiger partial charge in [-0.2, -0.15) is 0 Å². The molecule has 2 rings (SSSR count). The third-order valence-electron chi connectivity index (χ3n) is 3.40. The van der Waals surface area contributed by atoms with Crippen LogP contribution in [0.2, 0.25) is 0 Å². The molecule has 1 unspecified atom stereocenters. The van der Waals surface area contributed by atoms with Crippen molar-refractivity contribution in [2.75, 3.05) is 4.90 Å². The second kappa shape index (κ2) is 8.59. The first-order chi connectivity index (χ1) is 12.0. The molecule has 1 atom stereocenters. The van der Waals surface area contributed by atoms with Gasteiger partial charge in [-0.25, -0.2) is 0 Å². The van der Waals surface area contributed by atoms with Crippen LogP contribution in [-0.2, 0) is 19.1 Å². The molecular weight excluding hydrogens is 318 g/mol. The third kappa shape index (κ3) is 4.88. The second-order valence-corrected chi connectivity index (χ2v) is 5.38. The summed E-state index contributed by atoms with van der Waals surface area (Å²) in [5, 5.41) is 0. The Kier molecular flexibility index (Phi) is 6.23. The van der Waals surface area contributed by atoms with E-state index in [0.717, 1.165) is 6.08 Å². The number of benzene rings is 2. The normalized spacial score (nSPS) is 11.2. The first-order valence-corrected chi connectivity index (χ1v) is 7.77. The van der Waals surface area contributed by atoms with Crippen molar-refractivity contribution in [3.8, 4) is 0 Å². The Morgan fingerprint density at radius 1 is 1.04 bits per heavy atom. The molecule has 0 aliphatic carbocycles. The molecule has 0 radical (unpaired) electrons. The number of nitrogens with zero attached hydrogens (tertiary/aromatic N) is 1. The molecule has 0 aliphatic rings. The minimum atomic E-state index is -0.999. The van der Waals surface area contributed by atoms with Gasteiger partial charge < -0.3 is 4.74 Å². The Hall–Kier alpha value is -3.21. The molecule has 0 N–H and O–H groups in total. The van der Waals surface area contributed by atoms with Gasteiger partial charge in [0.15, 0.2) is 0 Å². The highest BCUT2D eigenvalue weighted by Crippen LogP contribution is 2.29. The Balaban J connectivity index is 2.46. The fraction of sp³-hybridized carbons (Fsp3) is 0.150. The van der Waals surface area contributed by atoms with Gasteiger partial charge in [0.2, 0.25) is 6.23 Å². The second-order valence-electron chi connectivity index (χ2n) is 5.38. The van der Waals surface area contributed by atoms with Crippen LogP contribution in [-0.4, -0.2) is 17.7 Å². The third-order valence-corrected chi connectivity index (χ3v) is 3.40. The number of esters is 1. The molecule has 0 saturated heterocycles. The van der Waals surface area contributed by atoms with Gasteiger partial charge in [0.25, 0.3) is 5.91 Å². The van der Waals surface area contributed by atoms with Crippen LogP contribution in [0.1, 0.15) is 25.1 Å². The number of Topliss-reactive ketones (excluding diaryl/α,β-unsaturated/α-hetero) is 1. The summed E-state index contributed by atoms with van der Waals surface area (Å²) in [6.07, 6.45) is -0.198. The maximum Gasteiger partial charge on any atom is 0.315 e. The van der Waals surface area contributed by atoms with Crippen LogP contribution < -0.4 is 4.90 Å².